The maximum absolute atomic E-state index is 12.4. The van der Waals surface area contributed by atoms with Crippen LogP contribution in [0.4, 0.5) is 0 Å². The third-order valence-electron chi connectivity index (χ3n) is 3.53. The van der Waals surface area contributed by atoms with Crippen molar-refractivity contribution in [1.29, 1.82) is 0 Å². The fourth-order valence-electron chi connectivity index (χ4n) is 2.21. The van der Waals surface area contributed by atoms with Gasteiger partial charge in [-0.15, -0.1) is 16.4 Å². The van der Waals surface area contributed by atoms with Crippen LogP contribution in [0.1, 0.15) is 33.3 Å². The van der Waals surface area contributed by atoms with Crippen molar-refractivity contribution in [3.05, 3.63) is 58.3 Å². The van der Waals surface area contributed by atoms with E-state index < -0.39 is 12.0 Å². The zero-order chi connectivity index (χ0) is 19.2. The summed E-state index contributed by atoms with van der Waals surface area (Å²) in [7, 11) is 0. The fourth-order valence-corrected chi connectivity index (χ4v) is 2.95. The minimum Gasteiger partial charge on any atom is -0.486 e. The van der Waals surface area contributed by atoms with Crippen LogP contribution >= 0.6 is 11.3 Å². The number of carboxylic acids is 1. The third-order valence-corrected chi connectivity index (χ3v) is 4.50. The number of ether oxygens (including phenoxy) is 1. The molecule has 2 aromatic heterocycles. The Balaban J connectivity index is 1.55. The van der Waals surface area contributed by atoms with E-state index >= 15 is 0 Å². The smallest absolute Gasteiger partial charge is 0.325 e. The molecule has 0 spiro atoms. The Morgan fingerprint density at radius 2 is 2.11 bits per heavy atom. The van der Waals surface area contributed by atoms with Crippen LogP contribution in [0.2, 0.25) is 0 Å². The number of carboxylic acid groups (broad SMARTS) is 1. The van der Waals surface area contributed by atoms with E-state index in [2.05, 4.69) is 20.6 Å². The van der Waals surface area contributed by atoms with Gasteiger partial charge in [0.25, 0.3) is 5.91 Å². The van der Waals surface area contributed by atoms with E-state index in [-0.39, 0.29) is 19.1 Å². The molecule has 3 rings (SSSR count). The molecule has 3 aromatic rings. The maximum atomic E-state index is 12.4. The Labute approximate surface area is 158 Å². The monoisotopic (exact) mass is 387 g/mol. The third kappa shape index (κ3) is 5.11. The maximum Gasteiger partial charge on any atom is 0.325 e. The summed E-state index contributed by atoms with van der Waals surface area (Å²) >= 11 is 1.24. The molecule has 0 radical (unpaired) electrons. The van der Waals surface area contributed by atoms with Crippen LogP contribution in [0.3, 0.4) is 0 Å². The van der Waals surface area contributed by atoms with Gasteiger partial charge < -0.3 is 15.2 Å². The Morgan fingerprint density at radius 3 is 2.85 bits per heavy atom. The summed E-state index contributed by atoms with van der Waals surface area (Å²) in [4.78, 5) is 27.7. The lowest BCUT2D eigenvalue weighted by Gasteiger charge is -2.09. The number of aromatic nitrogens is 4. The van der Waals surface area contributed by atoms with E-state index in [0.717, 1.165) is 5.75 Å². The van der Waals surface area contributed by atoms with Crippen LogP contribution in [-0.2, 0) is 17.9 Å². The summed E-state index contributed by atoms with van der Waals surface area (Å²) in [5, 5.41) is 19.8. The number of hydrogen-bond acceptors (Lipinski definition) is 7. The Bertz CT molecular complexity index is 924. The lowest BCUT2D eigenvalue weighted by Crippen LogP contribution is -2.26. The van der Waals surface area contributed by atoms with Gasteiger partial charge in [-0.25, -0.2) is 9.67 Å². The number of nitrogens with zero attached hydrogens (tertiary/aromatic N) is 4. The number of benzene rings is 1. The molecule has 10 heteroatoms. The van der Waals surface area contributed by atoms with Crippen molar-refractivity contribution >= 4 is 23.2 Å². The summed E-state index contributed by atoms with van der Waals surface area (Å²) in [5.74, 6) is -0.575. The topological polar surface area (TPSA) is 119 Å². The van der Waals surface area contributed by atoms with E-state index in [4.69, 9.17) is 9.84 Å². The van der Waals surface area contributed by atoms with Crippen LogP contribution in [0, 0.1) is 0 Å². The molecule has 140 valence electrons. The Hall–Kier alpha value is -3.27. The first-order chi connectivity index (χ1) is 13.0. The standard InChI is InChI=1S/C17H17N5O4S/c1-11(13-8-22(21-20-13)9-16(23)24)19-17(25)14-7-18-15(27-14)10-26-12-5-3-2-4-6-12/h2-8,11H,9-10H2,1H3,(H,19,25)(H,23,24). The average molecular weight is 387 g/mol. The van der Waals surface area contributed by atoms with Gasteiger partial charge in [-0.05, 0) is 19.1 Å². The van der Waals surface area contributed by atoms with Crippen molar-refractivity contribution in [2.24, 2.45) is 0 Å². The van der Waals surface area contributed by atoms with E-state index in [0.29, 0.717) is 15.6 Å². The highest BCUT2D eigenvalue weighted by Gasteiger charge is 2.17. The van der Waals surface area contributed by atoms with E-state index in [1.54, 1.807) is 6.92 Å². The molecule has 1 amide bonds. The predicted octanol–water partition coefficient (Wildman–Crippen LogP) is 1.89. The number of rotatable bonds is 8. The van der Waals surface area contributed by atoms with Crippen LogP contribution in [0.15, 0.2) is 42.7 Å². The molecule has 0 saturated carbocycles. The zero-order valence-corrected chi connectivity index (χ0v) is 15.2. The van der Waals surface area contributed by atoms with Crippen molar-refractivity contribution in [3.63, 3.8) is 0 Å². The number of nitrogens with one attached hydrogen (secondary N) is 1. The van der Waals surface area contributed by atoms with Crippen LogP contribution in [-0.4, -0.2) is 37.0 Å². The quantitative estimate of drug-likeness (QED) is 0.606. The predicted molar refractivity (Wildman–Crippen MR) is 96.4 cm³/mol. The van der Waals surface area contributed by atoms with Crippen LogP contribution < -0.4 is 10.1 Å². The Morgan fingerprint density at radius 1 is 1.33 bits per heavy atom. The number of thiazole rings is 1. The van der Waals surface area contributed by atoms with Gasteiger partial charge in [-0.1, -0.05) is 23.4 Å². The molecule has 1 atom stereocenters. The average Bonchev–Trinajstić information content (AvgIpc) is 3.30. The first kappa shape index (κ1) is 18.5. The molecule has 0 aliphatic carbocycles. The Kier molecular flexibility index (Phi) is 5.77. The molecule has 0 aliphatic heterocycles. The molecule has 27 heavy (non-hydrogen) atoms. The van der Waals surface area contributed by atoms with Crippen molar-refractivity contribution in [1.82, 2.24) is 25.3 Å². The van der Waals surface area contributed by atoms with Gasteiger partial charge in [0, 0.05) is 0 Å². The van der Waals surface area contributed by atoms with Gasteiger partial charge in [-0.2, -0.15) is 0 Å². The lowest BCUT2D eigenvalue weighted by molar-refractivity contribution is -0.137. The summed E-state index contributed by atoms with van der Waals surface area (Å²) < 4.78 is 6.82. The first-order valence-corrected chi connectivity index (χ1v) is 8.88. The second-order valence-electron chi connectivity index (χ2n) is 5.65. The minimum atomic E-state index is -1.02. The molecular formula is C17H17N5O4S. The molecule has 2 heterocycles. The molecule has 1 aromatic carbocycles. The molecule has 0 bridgehead atoms. The zero-order valence-electron chi connectivity index (χ0n) is 14.4. The first-order valence-electron chi connectivity index (χ1n) is 8.06. The molecule has 9 nitrogen and oxygen atoms in total. The SMILES string of the molecule is CC(NC(=O)c1cnc(COc2ccccc2)s1)c1cn(CC(=O)O)nn1. The highest BCUT2D eigenvalue weighted by atomic mass is 32.1. The number of amides is 1. The van der Waals surface area contributed by atoms with Gasteiger partial charge in [0.15, 0.2) is 0 Å². The number of carbonyl (C=O) groups excluding carboxylic acids is 1. The highest BCUT2D eigenvalue weighted by molar-refractivity contribution is 7.13. The normalized spacial score (nSPS) is 11.7. The summed E-state index contributed by atoms with van der Waals surface area (Å²) in [6.45, 7) is 1.74. The minimum absolute atomic E-state index is 0.279. The summed E-state index contributed by atoms with van der Waals surface area (Å²) in [6, 6.07) is 8.93. The summed E-state index contributed by atoms with van der Waals surface area (Å²) in [5.41, 5.74) is 0.474. The second-order valence-corrected chi connectivity index (χ2v) is 6.77. The number of carbonyl (C=O) groups is 2. The van der Waals surface area contributed by atoms with Gasteiger partial charge in [-0.3, -0.25) is 9.59 Å². The van der Waals surface area contributed by atoms with Gasteiger partial charge in [0.05, 0.1) is 18.4 Å². The van der Waals surface area contributed by atoms with E-state index in [9.17, 15) is 9.59 Å². The second kappa shape index (κ2) is 8.41. The van der Waals surface area contributed by atoms with E-state index in [1.165, 1.54) is 28.4 Å². The molecule has 2 N–H and O–H groups in total. The largest absolute Gasteiger partial charge is 0.486 e. The van der Waals surface area contributed by atoms with Crippen LogP contribution in [0.5, 0.6) is 5.75 Å². The van der Waals surface area contributed by atoms with Crippen molar-refractivity contribution in [2.75, 3.05) is 0 Å². The molecule has 1 unspecified atom stereocenters. The van der Waals surface area contributed by atoms with Crippen molar-refractivity contribution in [3.8, 4) is 5.75 Å². The number of para-hydroxylation sites is 1. The van der Waals surface area contributed by atoms with E-state index in [1.807, 2.05) is 30.3 Å². The fraction of sp³-hybridized carbons (Fsp3) is 0.235. The van der Waals surface area contributed by atoms with Gasteiger partial charge in [0.1, 0.15) is 34.5 Å². The summed E-state index contributed by atoms with van der Waals surface area (Å²) in [6.07, 6.45) is 2.99. The van der Waals surface area contributed by atoms with Crippen molar-refractivity contribution < 1.29 is 19.4 Å². The molecule has 0 saturated heterocycles. The van der Waals surface area contributed by atoms with Crippen molar-refractivity contribution in [2.45, 2.75) is 26.1 Å². The highest BCUT2D eigenvalue weighted by Crippen LogP contribution is 2.18. The molecular weight excluding hydrogens is 370 g/mol. The van der Waals surface area contributed by atoms with Crippen LogP contribution in [0.25, 0.3) is 0 Å². The lowest BCUT2D eigenvalue weighted by atomic mass is 10.2. The number of hydrogen-bond donors (Lipinski definition) is 2. The number of aliphatic carboxylic acids is 1. The molecule has 0 fully saturated rings. The van der Waals surface area contributed by atoms with Gasteiger partial charge in [0.2, 0.25) is 0 Å². The molecule has 0 aliphatic rings. The van der Waals surface area contributed by atoms with Gasteiger partial charge >= 0.3 is 5.97 Å².